The molecule has 0 aromatic carbocycles. The number of carbonyl (C=O) groups excluding carboxylic acids is 1. The van der Waals surface area contributed by atoms with E-state index in [1.165, 1.54) is 12.8 Å². The Morgan fingerprint density at radius 3 is 1.71 bits per heavy atom. The number of hydrogen-bond acceptors (Lipinski definition) is 1. The second-order valence-corrected chi connectivity index (χ2v) is 6.53. The van der Waals surface area contributed by atoms with Crippen molar-refractivity contribution in [2.75, 3.05) is 0 Å². The van der Waals surface area contributed by atoms with Gasteiger partial charge in [-0.25, -0.2) is 0 Å². The minimum atomic E-state index is 0.174. The second kappa shape index (κ2) is 3.36. The Morgan fingerprint density at radius 2 is 1.43 bits per heavy atom. The average molecular weight is 196 g/mol. The van der Waals surface area contributed by atoms with Crippen molar-refractivity contribution >= 4 is 5.78 Å². The van der Waals surface area contributed by atoms with E-state index in [-0.39, 0.29) is 16.7 Å². The van der Waals surface area contributed by atoms with Gasteiger partial charge >= 0.3 is 0 Å². The lowest BCUT2D eigenvalue weighted by Crippen LogP contribution is -2.46. The van der Waals surface area contributed by atoms with Crippen LogP contribution in [0.1, 0.15) is 54.4 Å². The molecule has 0 amide bonds. The molecule has 1 aliphatic carbocycles. The first kappa shape index (κ1) is 11.7. The molecule has 0 aliphatic heterocycles. The molecule has 1 heteroatoms. The minimum Gasteiger partial charge on any atom is -0.300 e. The first-order valence-corrected chi connectivity index (χ1v) is 5.67. The van der Waals surface area contributed by atoms with Gasteiger partial charge in [-0.05, 0) is 36.5 Å². The van der Waals surface area contributed by atoms with Crippen LogP contribution < -0.4 is 0 Å². The maximum Gasteiger partial charge on any atom is 0.133 e. The normalized spacial score (nSPS) is 35.3. The fraction of sp³-hybridized carbons (Fsp3) is 0.923. The van der Waals surface area contributed by atoms with E-state index in [0.717, 1.165) is 5.92 Å². The molecule has 0 unspecified atom stereocenters. The summed E-state index contributed by atoms with van der Waals surface area (Å²) in [7, 11) is 0. The highest BCUT2D eigenvalue weighted by Crippen LogP contribution is 2.53. The summed E-state index contributed by atoms with van der Waals surface area (Å²) in [5, 5.41) is 0. The Morgan fingerprint density at radius 1 is 1.07 bits per heavy atom. The molecule has 0 saturated heterocycles. The van der Waals surface area contributed by atoms with Gasteiger partial charge in [0, 0.05) is 5.92 Å². The van der Waals surface area contributed by atoms with Crippen molar-refractivity contribution in [2.24, 2.45) is 22.7 Å². The van der Waals surface area contributed by atoms with Crippen molar-refractivity contribution in [2.45, 2.75) is 54.4 Å². The van der Waals surface area contributed by atoms with Gasteiger partial charge in [-0.3, -0.25) is 4.79 Å². The first-order valence-electron chi connectivity index (χ1n) is 5.67. The number of Topliss-reactive ketones (excluding diaryl/α,β-unsaturated/α-hetero) is 1. The van der Waals surface area contributed by atoms with Crippen molar-refractivity contribution < 1.29 is 4.79 Å². The molecular weight excluding hydrogens is 172 g/mol. The molecule has 0 bridgehead atoms. The highest BCUT2D eigenvalue weighted by Gasteiger charge is 2.48. The van der Waals surface area contributed by atoms with E-state index in [1.54, 1.807) is 6.92 Å². The van der Waals surface area contributed by atoms with E-state index in [4.69, 9.17) is 0 Å². The molecule has 1 nitrogen and oxygen atoms in total. The zero-order valence-corrected chi connectivity index (χ0v) is 10.5. The Labute approximate surface area is 88.3 Å². The van der Waals surface area contributed by atoms with Gasteiger partial charge in [0.25, 0.3) is 0 Å². The van der Waals surface area contributed by atoms with Crippen LogP contribution in [0, 0.1) is 22.7 Å². The molecule has 1 fully saturated rings. The average Bonchev–Trinajstić information content (AvgIpc) is 1.75. The quantitative estimate of drug-likeness (QED) is 0.625. The fourth-order valence-electron chi connectivity index (χ4n) is 4.26. The van der Waals surface area contributed by atoms with Crippen LogP contribution in [0.15, 0.2) is 0 Å². The topological polar surface area (TPSA) is 17.1 Å². The fourth-order valence-corrected chi connectivity index (χ4v) is 4.26. The van der Waals surface area contributed by atoms with E-state index in [0.29, 0.717) is 5.78 Å². The monoisotopic (exact) mass is 196 g/mol. The predicted molar refractivity (Wildman–Crippen MR) is 60.1 cm³/mol. The van der Waals surface area contributed by atoms with Gasteiger partial charge in [-0.1, -0.05) is 34.6 Å². The largest absolute Gasteiger partial charge is 0.300 e. The van der Waals surface area contributed by atoms with Gasteiger partial charge in [-0.15, -0.1) is 0 Å². The van der Waals surface area contributed by atoms with Crippen LogP contribution in [0.5, 0.6) is 0 Å². The summed E-state index contributed by atoms with van der Waals surface area (Å²) >= 11 is 0. The SMILES string of the molecule is CC(=O)C1C(C)(C)CC(C)CC1(C)C. The second-order valence-electron chi connectivity index (χ2n) is 6.53. The van der Waals surface area contributed by atoms with Crippen molar-refractivity contribution in [1.29, 1.82) is 0 Å². The van der Waals surface area contributed by atoms with E-state index < -0.39 is 0 Å². The Bertz CT molecular complexity index is 220. The zero-order valence-electron chi connectivity index (χ0n) is 10.5. The summed E-state index contributed by atoms with van der Waals surface area (Å²) in [6.45, 7) is 13.0. The molecule has 0 aromatic heterocycles. The van der Waals surface area contributed by atoms with Crippen LogP contribution in [0.2, 0.25) is 0 Å². The predicted octanol–water partition coefficient (Wildman–Crippen LogP) is 3.67. The highest BCUT2D eigenvalue weighted by molar-refractivity contribution is 5.80. The highest BCUT2D eigenvalue weighted by atomic mass is 16.1. The molecule has 0 aromatic rings. The van der Waals surface area contributed by atoms with Gasteiger partial charge in [0.2, 0.25) is 0 Å². The summed E-state index contributed by atoms with van der Waals surface area (Å²) in [6, 6.07) is 0. The Hall–Kier alpha value is -0.330. The van der Waals surface area contributed by atoms with E-state index >= 15 is 0 Å². The van der Waals surface area contributed by atoms with Gasteiger partial charge < -0.3 is 0 Å². The molecule has 0 spiro atoms. The van der Waals surface area contributed by atoms with Crippen molar-refractivity contribution in [3.63, 3.8) is 0 Å². The molecule has 1 saturated carbocycles. The molecule has 82 valence electrons. The third-order valence-corrected chi connectivity index (χ3v) is 3.72. The number of hydrogen-bond donors (Lipinski definition) is 0. The summed E-state index contributed by atoms with van der Waals surface area (Å²) in [4.78, 5) is 11.7. The zero-order chi connectivity index (χ0) is 11.1. The lowest BCUT2D eigenvalue weighted by molar-refractivity contribution is -0.134. The van der Waals surface area contributed by atoms with Gasteiger partial charge in [0.15, 0.2) is 0 Å². The number of rotatable bonds is 1. The van der Waals surface area contributed by atoms with E-state index in [9.17, 15) is 4.79 Å². The van der Waals surface area contributed by atoms with Crippen LogP contribution >= 0.6 is 0 Å². The number of carbonyl (C=O) groups is 1. The standard InChI is InChI=1S/C13H24O/c1-9-7-12(3,4)11(10(2)14)13(5,6)8-9/h9,11H,7-8H2,1-6H3. The van der Waals surface area contributed by atoms with Crippen molar-refractivity contribution in [3.8, 4) is 0 Å². The van der Waals surface area contributed by atoms with Gasteiger partial charge in [0.05, 0.1) is 0 Å². The molecule has 14 heavy (non-hydrogen) atoms. The molecule has 0 radical (unpaired) electrons. The maximum atomic E-state index is 11.7. The molecule has 0 atom stereocenters. The Balaban J connectivity index is 3.03. The van der Waals surface area contributed by atoms with Crippen LogP contribution in [0.25, 0.3) is 0 Å². The smallest absolute Gasteiger partial charge is 0.133 e. The molecule has 1 aliphatic rings. The van der Waals surface area contributed by atoms with Crippen molar-refractivity contribution in [1.82, 2.24) is 0 Å². The van der Waals surface area contributed by atoms with Crippen molar-refractivity contribution in [3.05, 3.63) is 0 Å². The molecule has 1 rings (SSSR count). The lowest BCUT2D eigenvalue weighted by atomic mass is 9.53. The third-order valence-electron chi connectivity index (χ3n) is 3.72. The maximum absolute atomic E-state index is 11.7. The van der Waals surface area contributed by atoms with Crippen LogP contribution in [-0.2, 0) is 4.79 Å². The molecule has 0 heterocycles. The van der Waals surface area contributed by atoms with Gasteiger partial charge in [0.1, 0.15) is 5.78 Å². The van der Waals surface area contributed by atoms with Crippen LogP contribution in [0.4, 0.5) is 0 Å². The van der Waals surface area contributed by atoms with Gasteiger partial charge in [-0.2, -0.15) is 0 Å². The molecular formula is C13H24O. The summed E-state index contributed by atoms with van der Waals surface area (Å²) in [6.07, 6.45) is 2.36. The summed E-state index contributed by atoms with van der Waals surface area (Å²) in [5.41, 5.74) is 0.347. The van der Waals surface area contributed by atoms with Crippen LogP contribution in [-0.4, -0.2) is 5.78 Å². The lowest BCUT2D eigenvalue weighted by Gasteiger charge is -2.50. The van der Waals surface area contributed by atoms with E-state index in [2.05, 4.69) is 34.6 Å². The summed E-state index contributed by atoms with van der Waals surface area (Å²) in [5.74, 6) is 1.34. The van der Waals surface area contributed by atoms with E-state index in [1.807, 2.05) is 0 Å². The first-order chi connectivity index (χ1) is 6.17. The summed E-state index contributed by atoms with van der Waals surface area (Å²) < 4.78 is 0. The molecule has 0 N–H and O–H groups in total. The minimum absolute atomic E-state index is 0.174. The third kappa shape index (κ3) is 2.02. The van der Waals surface area contributed by atoms with Crippen LogP contribution in [0.3, 0.4) is 0 Å². The Kier molecular flexibility index (Phi) is 2.82. The number of ketones is 1.